The van der Waals surface area contributed by atoms with Crippen molar-refractivity contribution < 1.29 is 23.9 Å². The van der Waals surface area contributed by atoms with Crippen molar-refractivity contribution in [2.45, 2.75) is 39.3 Å². The summed E-state index contributed by atoms with van der Waals surface area (Å²) in [5, 5.41) is 2.74. The summed E-state index contributed by atoms with van der Waals surface area (Å²) in [4.78, 5) is 39.5. The number of fused-ring (bicyclic) bond motifs is 1. The molecule has 4 amide bonds. The van der Waals surface area contributed by atoms with Crippen LogP contribution >= 0.6 is 0 Å². The van der Waals surface area contributed by atoms with Crippen molar-refractivity contribution in [3.05, 3.63) is 23.8 Å². The van der Waals surface area contributed by atoms with Crippen LogP contribution in [0.25, 0.3) is 0 Å². The molecule has 2 aliphatic rings. The molecule has 1 unspecified atom stereocenters. The highest BCUT2D eigenvalue weighted by atomic mass is 16.7. The van der Waals surface area contributed by atoms with E-state index in [2.05, 4.69) is 5.32 Å². The average Bonchev–Trinajstić information content (AvgIpc) is 3.10. The van der Waals surface area contributed by atoms with Gasteiger partial charge in [-0.2, -0.15) is 0 Å². The van der Waals surface area contributed by atoms with Crippen LogP contribution in [-0.2, 0) is 16.1 Å². The number of rotatable bonds is 6. The topological polar surface area (TPSA) is 88.2 Å². The van der Waals surface area contributed by atoms with E-state index in [4.69, 9.17) is 9.47 Å². The van der Waals surface area contributed by atoms with Gasteiger partial charge in [0.1, 0.15) is 6.54 Å². The third-order valence-electron chi connectivity index (χ3n) is 4.70. The molecule has 1 aromatic rings. The molecule has 8 heteroatoms. The molecule has 0 radical (unpaired) electrons. The summed E-state index contributed by atoms with van der Waals surface area (Å²) in [6.45, 7) is 4.53. The van der Waals surface area contributed by atoms with Crippen molar-refractivity contribution in [2.75, 3.05) is 19.9 Å². The zero-order valence-corrected chi connectivity index (χ0v) is 15.0. The summed E-state index contributed by atoms with van der Waals surface area (Å²) < 4.78 is 10.5. The molecule has 0 saturated carbocycles. The van der Waals surface area contributed by atoms with Crippen molar-refractivity contribution >= 4 is 17.8 Å². The maximum absolute atomic E-state index is 12.5. The molecule has 0 aromatic heterocycles. The van der Waals surface area contributed by atoms with Crippen LogP contribution < -0.4 is 14.8 Å². The summed E-state index contributed by atoms with van der Waals surface area (Å²) in [5.74, 6) is 0.625. The number of carbonyl (C=O) groups excluding carboxylic acids is 3. The Balaban J connectivity index is 1.56. The Morgan fingerprint density at radius 3 is 2.81 bits per heavy atom. The summed E-state index contributed by atoms with van der Waals surface area (Å²) >= 11 is 0. The molecule has 2 heterocycles. The highest BCUT2D eigenvalue weighted by Crippen LogP contribution is 2.32. The Hall–Kier alpha value is -2.77. The number of ether oxygens (including phenoxy) is 2. The fraction of sp³-hybridized carbons (Fsp3) is 0.500. The van der Waals surface area contributed by atoms with E-state index in [0.717, 1.165) is 16.9 Å². The van der Waals surface area contributed by atoms with Gasteiger partial charge in [-0.25, -0.2) is 4.79 Å². The van der Waals surface area contributed by atoms with Crippen LogP contribution in [0.2, 0.25) is 0 Å². The van der Waals surface area contributed by atoms with E-state index in [1.54, 1.807) is 17.0 Å². The highest BCUT2D eigenvalue weighted by molar-refractivity contribution is 6.00. The fourth-order valence-corrected chi connectivity index (χ4v) is 2.94. The molecule has 3 rings (SSSR count). The van der Waals surface area contributed by atoms with Crippen LogP contribution in [0.15, 0.2) is 18.2 Å². The molecule has 1 saturated heterocycles. The van der Waals surface area contributed by atoms with Gasteiger partial charge in [0.25, 0.3) is 0 Å². The van der Waals surface area contributed by atoms with Gasteiger partial charge in [0.2, 0.25) is 18.6 Å². The minimum Gasteiger partial charge on any atom is -0.454 e. The molecule has 0 bridgehead atoms. The lowest BCUT2D eigenvalue weighted by Crippen LogP contribution is -2.57. The minimum atomic E-state index is -0.395. The van der Waals surface area contributed by atoms with Crippen molar-refractivity contribution in [1.82, 2.24) is 15.1 Å². The summed E-state index contributed by atoms with van der Waals surface area (Å²) in [6.07, 6.45) is 1.04. The second kappa shape index (κ2) is 7.63. The van der Waals surface area contributed by atoms with Crippen molar-refractivity contribution in [1.29, 1.82) is 0 Å². The largest absolute Gasteiger partial charge is 0.454 e. The zero-order valence-electron chi connectivity index (χ0n) is 15.0. The molecular weight excluding hydrogens is 338 g/mol. The van der Waals surface area contributed by atoms with Crippen molar-refractivity contribution in [3.63, 3.8) is 0 Å². The molecule has 0 aliphatic carbocycles. The number of benzene rings is 1. The standard InChI is InChI=1S/C18H23N3O5/c1-3-12(2)20-7-6-17(23)21(18(20)24)10-16(22)19-9-13-4-5-14-15(8-13)26-11-25-14/h4-5,8,12H,3,6-7,9-11H2,1-2H3,(H,19,22). The predicted octanol–water partition coefficient (Wildman–Crippen LogP) is 1.48. The Bertz CT molecular complexity index is 721. The third-order valence-corrected chi connectivity index (χ3v) is 4.70. The van der Waals surface area contributed by atoms with Gasteiger partial charge in [-0.3, -0.25) is 14.5 Å². The maximum Gasteiger partial charge on any atom is 0.327 e. The van der Waals surface area contributed by atoms with Gasteiger partial charge >= 0.3 is 6.03 Å². The molecule has 1 atom stereocenters. The molecule has 1 N–H and O–H groups in total. The first-order chi connectivity index (χ1) is 12.5. The Morgan fingerprint density at radius 1 is 1.27 bits per heavy atom. The van der Waals surface area contributed by atoms with Crippen LogP contribution in [-0.4, -0.2) is 53.6 Å². The van der Waals surface area contributed by atoms with E-state index < -0.39 is 6.03 Å². The van der Waals surface area contributed by atoms with E-state index in [0.29, 0.717) is 18.0 Å². The van der Waals surface area contributed by atoms with Gasteiger partial charge in [-0.1, -0.05) is 13.0 Å². The van der Waals surface area contributed by atoms with E-state index in [1.807, 2.05) is 19.9 Å². The number of nitrogens with one attached hydrogen (secondary N) is 1. The normalized spacial score (nSPS) is 17.5. The maximum atomic E-state index is 12.5. The fourth-order valence-electron chi connectivity index (χ4n) is 2.94. The van der Waals surface area contributed by atoms with Gasteiger partial charge in [-0.15, -0.1) is 0 Å². The molecule has 1 aromatic carbocycles. The van der Waals surface area contributed by atoms with Gasteiger partial charge in [0.05, 0.1) is 0 Å². The first-order valence-corrected chi connectivity index (χ1v) is 8.75. The number of nitrogens with zero attached hydrogens (tertiary/aromatic N) is 2. The number of amides is 4. The smallest absolute Gasteiger partial charge is 0.327 e. The van der Waals surface area contributed by atoms with Crippen LogP contribution in [0.3, 0.4) is 0 Å². The van der Waals surface area contributed by atoms with Crippen LogP contribution in [0.4, 0.5) is 4.79 Å². The SMILES string of the molecule is CCC(C)N1CCC(=O)N(CC(=O)NCc2ccc3c(c2)OCO3)C1=O. The Kier molecular flexibility index (Phi) is 5.29. The molecule has 140 valence electrons. The first-order valence-electron chi connectivity index (χ1n) is 8.75. The molecule has 0 spiro atoms. The number of hydrogen-bond acceptors (Lipinski definition) is 5. The summed E-state index contributed by atoms with van der Waals surface area (Å²) in [7, 11) is 0. The van der Waals surface area contributed by atoms with Crippen LogP contribution in [0.5, 0.6) is 11.5 Å². The Labute approximate surface area is 152 Å². The second-order valence-electron chi connectivity index (χ2n) is 6.43. The van der Waals surface area contributed by atoms with E-state index in [1.165, 1.54) is 0 Å². The van der Waals surface area contributed by atoms with Crippen LogP contribution in [0.1, 0.15) is 32.3 Å². The number of imide groups is 1. The van der Waals surface area contributed by atoms with E-state index >= 15 is 0 Å². The van der Waals surface area contributed by atoms with Gasteiger partial charge in [-0.05, 0) is 31.0 Å². The molecular formula is C18H23N3O5. The lowest BCUT2D eigenvalue weighted by atomic mass is 10.1. The Morgan fingerprint density at radius 2 is 2.04 bits per heavy atom. The molecule has 2 aliphatic heterocycles. The lowest BCUT2D eigenvalue weighted by molar-refractivity contribution is -0.135. The summed E-state index contributed by atoms with van der Waals surface area (Å²) in [6, 6.07) is 5.05. The van der Waals surface area contributed by atoms with Crippen molar-refractivity contribution in [2.24, 2.45) is 0 Å². The van der Waals surface area contributed by atoms with Gasteiger partial charge < -0.3 is 19.7 Å². The number of hydrogen-bond donors (Lipinski definition) is 1. The lowest BCUT2D eigenvalue weighted by Gasteiger charge is -2.37. The van der Waals surface area contributed by atoms with E-state index in [9.17, 15) is 14.4 Å². The quantitative estimate of drug-likeness (QED) is 0.829. The number of urea groups is 1. The third kappa shape index (κ3) is 3.74. The molecule has 26 heavy (non-hydrogen) atoms. The zero-order chi connectivity index (χ0) is 18.7. The first kappa shape index (κ1) is 18.0. The second-order valence-corrected chi connectivity index (χ2v) is 6.43. The minimum absolute atomic E-state index is 0.0368. The molecule has 1 fully saturated rings. The summed E-state index contributed by atoms with van der Waals surface area (Å²) in [5.41, 5.74) is 0.847. The van der Waals surface area contributed by atoms with Crippen molar-refractivity contribution in [3.8, 4) is 11.5 Å². The van der Waals surface area contributed by atoms with Crippen LogP contribution in [0, 0.1) is 0 Å². The van der Waals surface area contributed by atoms with E-state index in [-0.39, 0.29) is 44.2 Å². The predicted molar refractivity (Wildman–Crippen MR) is 92.6 cm³/mol. The highest BCUT2D eigenvalue weighted by Gasteiger charge is 2.34. The molecule has 8 nitrogen and oxygen atoms in total. The van der Waals surface area contributed by atoms with Gasteiger partial charge in [0, 0.05) is 25.6 Å². The van der Waals surface area contributed by atoms with Gasteiger partial charge in [0.15, 0.2) is 11.5 Å². The monoisotopic (exact) mass is 361 g/mol. The average molecular weight is 361 g/mol. The number of carbonyl (C=O) groups is 3.